The van der Waals surface area contributed by atoms with E-state index >= 15 is 0 Å². The van der Waals surface area contributed by atoms with Crippen LogP contribution >= 0.6 is 11.8 Å². The van der Waals surface area contributed by atoms with Crippen molar-refractivity contribution in [1.29, 1.82) is 0 Å². The molecule has 3 nitrogen and oxygen atoms in total. The van der Waals surface area contributed by atoms with Crippen molar-refractivity contribution < 1.29 is 4.74 Å². The van der Waals surface area contributed by atoms with Crippen LogP contribution in [-0.4, -0.2) is 29.6 Å². The molecule has 2 rings (SSSR count). The number of nitrogens with zero attached hydrogens (tertiary/aromatic N) is 1. The highest BCUT2D eigenvalue weighted by Crippen LogP contribution is 2.47. The lowest BCUT2D eigenvalue weighted by Gasteiger charge is -2.16. The Morgan fingerprint density at radius 3 is 2.88 bits per heavy atom. The average Bonchev–Trinajstić information content (AvgIpc) is 3.07. The summed E-state index contributed by atoms with van der Waals surface area (Å²) in [5.41, 5.74) is 2.06. The van der Waals surface area contributed by atoms with Gasteiger partial charge >= 0.3 is 0 Å². The number of anilines is 1. The molecule has 0 aliphatic heterocycles. The van der Waals surface area contributed by atoms with Crippen LogP contribution in [0.15, 0.2) is 12.3 Å². The van der Waals surface area contributed by atoms with Crippen LogP contribution in [-0.2, 0) is 0 Å². The largest absolute Gasteiger partial charge is 0.493 e. The summed E-state index contributed by atoms with van der Waals surface area (Å²) >= 11 is 1.96. The van der Waals surface area contributed by atoms with Crippen molar-refractivity contribution in [3.63, 3.8) is 0 Å². The molecule has 0 aromatic carbocycles. The number of thioether (sulfide) groups is 1. The van der Waals surface area contributed by atoms with Gasteiger partial charge in [0.1, 0.15) is 0 Å². The zero-order valence-electron chi connectivity index (χ0n) is 10.0. The zero-order valence-corrected chi connectivity index (χ0v) is 10.9. The van der Waals surface area contributed by atoms with Crippen LogP contribution in [0, 0.1) is 6.92 Å². The third-order valence-electron chi connectivity index (χ3n) is 3.07. The monoisotopic (exact) mass is 238 g/mol. The van der Waals surface area contributed by atoms with E-state index < -0.39 is 0 Å². The summed E-state index contributed by atoms with van der Waals surface area (Å²) in [6.07, 6.45) is 6.58. The number of aryl methyl sites for hydroxylation is 1. The number of ether oxygens (including phenoxy) is 1. The number of pyridine rings is 1. The first-order chi connectivity index (χ1) is 7.69. The molecule has 1 N–H and O–H groups in total. The minimum absolute atomic E-state index is 0.461. The predicted molar refractivity (Wildman–Crippen MR) is 69.5 cm³/mol. The van der Waals surface area contributed by atoms with E-state index in [-0.39, 0.29) is 0 Å². The van der Waals surface area contributed by atoms with Crippen molar-refractivity contribution in [1.82, 2.24) is 4.98 Å². The van der Waals surface area contributed by atoms with E-state index in [1.54, 1.807) is 13.3 Å². The van der Waals surface area contributed by atoms with Crippen LogP contribution in [0.4, 0.5) is 5.69 Å². The number of methoxy groups -OCH3 is 1. The standard InChI is InChI=1S/C12H18N2OS/c1-9-6-10(11(15-2)7-13-9)14-8-12(16-3)4-5-12/h6-7H,4-5,8H2,1-3H3,(H,13,14). The zero-order chi connectivity index (χ0) is 11.6. The molecule has 1 aliphatic carbocycles. The van der Waals surface area contributed by atoms with Gasteiger partial charge in [0.05, 0.1) is 19.0 Å². The number of hydrogen-bond acceptors (Lipinski definition) is 4. The second-order valence-electron chi connectivity index (χ2n) is 4.27. The summed E-state index contributed by atoms with van der Waals surface area (Å²) < 4.78 is 5.75. The molecule has 0 radical (unpaired) electrons. The lowest BCUT2D eigenvalue weighted by molar-refractivity contribution is 0.414. The van der Waals surface area contributed by atoms with E-state index in [4.69, 9.17) is 4.74 Å². The molecule has 1 aromatic rings. The SMILES string of the molecule is COc1cnc(C)cc1NCC1(SC)CC1. The highest BCUT2D eigenvalue weighted by atomic mass is 32.2. The fraction of sp³-hybridized carbons (Fsp3) is 0.583. The summed E-state index contributed by atoms with van der Waals surface area (Å²) in [5.74, 6) is 0.822. The molecule has 1 heterocycles. The first kappa shape index (κ1) is 11.6. The Balaban J connectivity index is 2.05. The first-order valence-corrected chi connectivity index (χ1v) is 6.71. The molecule has 1 fully saturated rings. The minimum atomic E-state index is 0.461. The van der Waals surface area contributed by atoms with Crippen LogP contribution in [0.1, 0.15) is 18.5 Å². The fourth-order valence-electron chi connectivity index (χ4n) is 1.70. The normalized spacial score (nSPS) is 16.9. The van der Waals surface area contributed by atoms with Gasteiger partial charge in [0.15, 0.2) is 5.75 Å². The average molecular weight is 238 g/mol. The number of hydrogen-bond donors (Lipinski definition) is 1. The Bertz CT molecular complexity index is 377. The molecule has 0 saturated heterocycles. The first-order valence-electron chi connectivity index (χ1n) is 5.49. The molecular weight excluding hydrogens is 220 g/mol. The molecule has 1 aliphatic rings. The van der Waals surface area contributed by atoms with E-state index in [2.05, 4.69) is 16.6 Å². The number of nitrogens with one attached hydrogen (secondary N) is 1. The van der Waals surface area contributed by atoms with Gasteiger partial charge in [-0.15, -0.1) is 0 Å². The topological polar surface area (TPSA) is 34.1 Å². The minimum Gasteiger partial charge on any atom is -0.493 e. The molecule has 16 heavy (non-hydrogen) atoms. The van der Waals surface area contributed by atoms with Crippen molar-refractivity contribution in [3.8, 4) is 5.75 Å². The highest BCUT2D eigenvalue weighted by molar-refractivity contribution is 8.00. The lowest BCUT2D eigenvalue weighted by Crippen LogP contribution is -2.17. The Labute approximate surface area is 101 Å². The Kier molecular flexibility index (Phi) is 3.28. The summed E-state index contributed by atoms with van der Waals surface area (Å²) in [4.78, 5) is 4.22. The van der Waals surface area contributed by atoms with Crippen molar-refractivity contribution >= 4 is 17.4 Å². The molecule has 0 amide bonds. The summed E-state index contributed by atoms with van der Waals surface area (Å²) in [6, 6.07) is 2.04. The molecule has 4 heteroatoms. The van der Waals surface area contributed by atoms with Gasteiger partial charge in [-0.2, -0.15) is 11.8 Å². The maximum Gasteiger partial charge on any atom is 0.160 e. The Morgan fingerprint density at radius 2 is 2.31 bits per heavy atom. The van der Waals surface area contributed by atoms with Gasteiger partial charge in [-0.25, -0.2) is 0 Å². The maximum atomic E-state index is 5.29. The van der Waals surface area contributed by atoms with Crippen molar-refractivity contribution in [2.75, 3.05) is 25.2 Å². The van der Waals surface area contributed by atoms with Gasteiger partial charge in [0.25, 0.3) is 0 Å². The Morgan fingerprint density at radius 1 is 1.56 bits per heavy atom. The van der Waals surface area contributed by atoms with Crippen molar-refractivity contribution in [2.24, 2.45) is 0 Å². The van der Waals surface area contributed by atoms with Crippen LogP contribution in [0.25, 0.3) is 0 Å². The lowest BCUT2D eigenvalue weighted by atomic mass is 10.3. The fourth-order valence-corrected chi connectivity index (χ4v) is 2.42. The predicted octanol–water partition coefficient (Wildman–Crippen LogP) is 2.71. The molecule has 0 unspecified atom stereocenters. The van der Waals surface area contributed by atoms with Crippen LogP contribution in [0.3, 0.4) is 0 Å². The number of rotatable bonds is 5. The van der Waals surface area contributed by atoms with Crippen molar-refractivity contribution in [2.45, 2.75) is 24.5 Å². The van der Waals surface area contributed by atoms with Gasteiger partial charge in [-0.3, -0.25) is 4.98 Å². The second kappa shape index (κ2) is 4.53. The molecule has 88 valence electrons. The van der Waals surface area contributed by atoms with E-state index in [0.29, 0.717) is 4.75 Å². The highest BCUT2D eigenvalue weighted by Gasteiger charge is 2.41. The smallest absolute Gasteiger partial charge is 0.160 e. The molecule has 0 atom stereocenters. The van der Waals surface area contributed by atoms with Gasteiger partial charge in [0.2, 0.25) is 0 Å². The Hall–Kier alpha value is -0.900. The summed E-state index contributed by atoms with van der Waals surface area (Å²) in [7, 11) is 1.68. The summed E-state index contributed by atoms with van der Waals surface area (Å²) in [6.45, 7) is 3.00. The van der Waals surface area contributed by atoms with Gasteiger partial charge in [-0.05, 0) is 32.1 Å². The molecule has 0 bridgehead atoms. The third-order valence-corrected chi connectivity index (χ3v) is 4.48. The third kappa shape index (κ3) is 2.43. The quantitative estimate of drug-likeness (QED) is 0.855. The van der Waals surface area contributed by atoms with Gasteiger partial charge in [0, 0.05) is 17.0 Å². The summed E-state index contributed by atoms with van der Waals surface area (Å²) in [5, 5.41) is 3.47. The van der Waals surface area contributed by atoms with E-state index in [9.17, 15) is 0 Å². The van der Waals surface area contributed by atoms with Crippen LogP contribution in [0.2, 0.25) is 0 Å². The van der Waals surface area contributed by atoms with E-state index in [1.165, 1.54) is 12.8 Å². The van der Waals surface area contributed by atoms with Crippen LogP contribution < -0.4 is 10.1 Å². The van der Waals surface area contributed by atoms with Crippen molar-refractivity contribution in [3.05, 3.63) is 18.0 Å². The maximum absolute atomic E-state index is 5.29. The van der Waals surface area contributed by atoms with E-state index in [1.807, 2.05) is 24.8 Å². The van der Waals surface area contributed by atoms with Gasteiger partial charge in [-0.1, -0.05) is 0 Å². The molecular formula is C12H18N2OS. The van der Waals surface area contributed by atoms with Gasteiger partial charge < -0.3 is 10.1 Å². The van der Waals surface area contributed by atoms with E-state index in [0.717, 1.165) is 23.7 Å². The van der Waals surface area contributed by atoms with Crippen LogP contribution in [0.5, 0.6) is 5.75 Å². The number of aromatic nitrogens is 1. The second-order valence-corrected chi connectivity index (χ2v) is 5.54. The molecule has 1 saturated carbocycles. The molecule has 0 spiro atoms. The molecule has 1 aromatic heterocycles.